The summed E-state index contributed by atoms with van der Waals surface area (Å²) in [5.41, 5.74) is -1.39. The van der Waals surface area contributed by atoms with Crippen LogP contribution in [0.5, 0.6) is 5.88 Å². The number of hydrogen-bond donors (Lipinski definition) is 1. The van der Waals surface area contributed by atoms with Crippen molar-refractivity contribution in [3.8, 4) is 11.6 Å². The Morgan fingerprint density at radius 1 is 1.09 bits per heavy atom. The summed E-state index contributed by atoms with van der Waals surface area (Å²) in [6, 6.07) is 6.17. The van der Waals surface area contributed by atoms with Crippen LogP contribution in [0.4, 0.5) is 17.6 Å². The third kappa shape index (κ3) is 5.34. The first-order valence-corrected chi connectivity index (χ1v) is 10.1. The Balaban J connectivity index is 2.02. The molecule has 0 unspecified atom stereocenters. The van der Waals surface area contributed by atoms with E-state index in [0.29, 0.717) is 19.2 Å². The van der Waals surface area contributed by atoms with Crippen LogP contribution in [-0.2, 0) is 17.9 Å². The molecule has 0 aliphatic carbocycles. The van der Waals surface area contributed by atoms with Crippen LogP contribution in [0.25, 0.3) is 5.69 Å². The zero-order valence-electron chi connectivity index (χ0n) is 16.8. The summed E-state index contributed by atoms with van der Waals surface area (Å²) in [6.07, 6.45) is 0. The smallest absolute Gasteiger partial charge is 0.276 e. The maximum absolute atomic E-state index is 14.4. The molecule has 3 aromatic rings. The van der Waals surface area contributed by atoms with Gasteiger partial charge in [-0.15, -0.1) is 0 Å². The minimum atomic E-state index is -0.957. The summed E-state index contributed by atoms with van der Waals surface area (Å²) in [4.78, 5) is 17.2. The lowest BCUT2D eigenvalue weighted by atomic mass is 10.2. The molecule has 0 amide bonds. The molecule has 0 radical (unpaired) electrons. The Hall–Kier alpha value is -2.76. The van der Waals surface area contributed by atoms with Crippen LogP contribution >= 0.6 is 15.9 Å². The van der Waals surface area contributed by atoms with Gasteiger partial charge in [0.15, 0.2) is 0 Å². The summed E-state index contributed by atoms with van der Waals surface area (Å²) in [6.45, 7) is 0.313. The van der Waals surface area contributed by atoms with Crippen LogP contribution in [0.2, 0.25) is 0 Å². The molecule has 0 spiro atoms. The molecule has 1 N–H and O–H groups in total. The first kappa shape index (κ1) is 23.9. The lowest BCUT2D eigenvalue weighted by molar-refractivity contribution is 0.198. The molecule has 0 aliphatic rings. The lowest BCUT2D eigenvalue weighted by Gasteiger charge is -2.17. The quantitative estimate of drug-likeness (QED) is 0.346. The molecular weight excluding hydrogens is 498 g/mol. The minimum Gasteiger partial charge on any atom is -0.472 e. The number of nitrogens with zero attached hydrogens (tertiary/aromatic N) is 2. The SMILES string of the molecule is COCCNCc1nc(OCc2ccc(F)cc2F)c(Br)c(=O)n1-c1c(F)cccc1F. The number of hydrogen-bond acceptors (Lipinski definition) is 5. The predicted molar refractivity (Wildman–Crippen MR) is 112 cm³/mol. The van der Waals surface area contributed by atoms with E-state index >= 15 is 0 Å². The summed E-state index contributed by atoms with van der Waals surface area (Å²) in [5, 5.41) is 2.95. The van der Waals surface area contributed by atoms with Gasteiger partial charge >= 0.3 is 0 Å². The second kappa shape index (κ2) is 10.7. The van der Waals surface area contributed by atoms with Crippen molar-refractivity contribution in [2.75, 3.05) is 20.3 Å². The van der Waals surface area contributed by atoms with Gasteiger partial charge in [-0.1, -0.05) is 6.07 Å². The standard InChI is InChI=1S/C21H18BrF4N3O3/c1-31-8-7-27-10-17-28-20(32-11-12-5-6-13(23)9-16(12)26)18(22)21(30)29(17)19-14(24)3-2-4-15(19)25/h2-6,9,27H,7-8,10-11H2,1H3. The van der Waals surface area contributed by atoms with E-state index in [1.165, 1.54) is 19.2 Å². The largest absolute Gasteiger partial charge is 0.472 e. The van der Waals surface area contributed by atoms with Gasteiger partial charge in [-0.25, -0.2) is 17.6 Å². The molecule has 170 valence electrons. The molecule has 0 fully saturated rings. The summed E-state index contributed by atoms with van der Waals surface area (Å²) < 4.78 is 66.9. The van der Waals surface area contributed by atoms with Gasteiger partial charge in [0.25, 0.3) is 5.56 Å². The first-order chi connectivity index (χ1) is 15.3. The van der Waals surface area contributed by atoms with Gasteiger partial charge in [0.2, 0.25) is 5.88 Å². The third-order valence-corrected chi connectivity index (χ3v) is 5.05. The number of halogens is 5. The second-order valence-corrected chi connectivity index (χ2v) is 7.34. The van der Waals surface area contributed by atoms with E-state index < -0.39 is 34.5 Å². The fraction of sp³-hybridized carbons (Fsp3) is 0.238. The van der Waals surface area contributed by atoms with E-state index in [2.05, 4.69) is 26.2 Å². The van der Waals surface area contributed by atoms with Crippen molar-refractivity contribution in [2.24, 2.45) is 0 Å². The Morgan fingerprint density at radius 2 is 1.81 bits per heavy atom. The molecule has 0 aliphatic heterocycles. The van der Waals surface area contributed by atoms with Crippen molar-refractivity contribution in [2.45, 2.75) is 13.2 Å². The highest BCUT2D eigenvalue weighted by atomic mass is 79.9. The van der Waals surface area contributed by atoms with Crippen molar-refractivity contribution >= 4 is 15.9 Å². The summed E-state index contributed by atoms with van der Waals surface area (Å²) in [7, 11) is 1.50. The van der Waals surface area contributed by atoms with E-state index in [1.807, 2.05) is 0 Å². The molecule has 3 rings (SSSR count). The lowest BCUT2D eigenvalue weighted by Crippen LogP contribution is -2.30. The number of rotatable bonds is 9. The zero-order chi connectivity index (χ0) is 23.3. The normalized spacial score (nSPS) is 11.1. The molecule has 1 aromatic heterocycles. The maximum Gasteiger partial charge on any atom is 0.276 e. The van der Waals surface area contributed by atoms with Gasteiger partial charge < -0.3 is 14.8 Å². The molecule has 11 heteroatoms. The topological polar surface area (TPSA) is 65.4 Å². The van der Waals surface area contributed by atoms with Gasteiger partial charge in [0, 0.05) is 25.3 Å². The minimum absolute atomic E-state index is 0.0317. The van der Waals surface area contributed by atoms with Crippen molar-refractivity contribution in [3.63, 3.8) is 0 Å². The van der Waals surface area contributed by atoms with Gasteiger partial charge in [-0.3, -0.25) is 9.36 Å². The third-order valence-electron chi connectivity index (χ3n) is 4.37. The van der Waals surface area contributed by atoms with Crippen molar-refractivity contribution in [3.05, 3.63) is 85.9 Å². The monoisotopic (exact) mass is 515 g/mol. The van der Waals surface area contributed by atoms with Crippen molar-refractivity contribution < 1.29 is 27.0 Å². The fourth-order valence-corrected chi connectivity index (χ4v) is 3.21. The van der Waals surface area contributed by atoms with Gasteiger partial charge in [0.1, 0.15) is 45.9 Å². The highest BCUT2D eigenvalue weighted by Crippen LogP contribution is 2.24. The number of benzene rings is 2. The van der Waals surface area contributed by atoms with Gasteiger partial charge in [-0.2, -0.15) is 4.98 Å². The van der Waals surface area contributed by atoms with E-state index in [9.17, 15) is 22.4 Å². The molecule has 0 atom stereocenters. The van der Waals surface area contributed by atoms with E-state index in [1.54, 1.807) is 0 Å². The summed E-state index contributed by atoms with van der Waals surface area (Å²) >= 11 is 3.05. The van der Waals surface area contributed by atoms with E-state index in [0.717, 1.165) is 22.8 Å². The molecule has 2 aromatic carbocycles. The highest BCUT2D eigenvalue weighted by molar-refractivity contribution is 9.10. The maximum atomic E-state index is 14.4. The first-order valence-electron chi connectivity index (χ1n) is 9.35. The van der Waals surface area contributed by atoms with Crippen LogP contribution in [0.1, 0.15) is 11.4 Å². The Morgan fingerprint density at radius 3 is 2.47 bits per heavy atom. The van der Waals surface area contributed by atoms with E-state index in [4.69, 9.17) is 9.47 Å². The molecule has 32 heavy (non-hydrogen) atoms. The van der Waals surface area contributed by atoms with Gasteiger partial charge in [-0.05, 0) is 40.2 Å². The molecule has 0 saturated heterocycles. The fourth-order valence-electron chi connectivity index (χ4n) is 2.83. The average molecular weight is 516 g/mol. The predicted octanol–water partition coefficient (Wildman–Crippen LogP) is 3.87. The number of nitrogens with one attached hydrogen (secondary N) is 1. The molecule has 6 nitrogen and oxygen atoms in total. The Labute approximate surface area is 188 Å². The Bertz CT molecular complexity index is 1150. The van der Waals surface area contributed by atoms with Crippen LogP contribution in [-0.4, -0.2) is 29.8 Å². The molecule has 0 bridgehead atoms. The zero-order valence-corrected chi connectivity index (χ0v) is 18.4. The summed E-state index contributed by atoms with van der Waals surface area (Å²) in [5.74, 6) is -3.75. The molecule has 1 heterocycles. The Kier molecular flexibility index (Phi) is 7.99. The molecular formula is C21H18BrF4N3O3. The van der Waals surface area contributed by atoms with E-state index in [-0.39, 0.29) is 34.9 Å². The average Bonchev–Trinajstić information content (AvgIpc) is 2.75. The van der Waals surface area contributed by atoms with Crippen molar-refractivity contribution in [1.82, 2.24) is 14.9 Å². The number of para-hydroxylation sites is 1. The van der Waals surface area contributed by atoms with Crippen LogP contribution < -0.4 is 15.6 Å². The van der Waals surface area contributed by atoms with Crippen LogP contribution in [0, 0.1) is 23.3 Å². The van der Waals surface area contributed by atoms with Gasteiger partial charge in [0.05, 0.1) is 13.2 Å². The van der Waals surface area contributed by atoms with Crippen LogP contribution in [0.3, 0.4) is 0 Å². The molecule has 0 saturated carbocycles. The van der Waals surface area contributed by atoms with Crippen molar-refractivity contribution in [1.29, 1.82) is 0 Å². The van der Waals surface area contributed by atoms with Crippen LogP contribution in [0.15, 0.2) is 45.7 Å². The number of ether oxygens (including phenoxy) is 2. The number of methoxy groups -OCH3 is 1. The highest BCUT2D eigenvalue weighted by Gasteiger charge is 2.22. The number of aromatic nitrogens is 2. The second-order valence-electron chi connectivity index (χ2n) is 6.55.